The van der Waals surface area contributed by atoms with Gasteiger partial charge in [-0.2, -0.15) is 0 Å². The van der Waals surface area contributed by atoms with E-state index in [2.05, 4.69) is 10.6 Å². The van der Waals surface area contributed by atoms with Crippen molar-refractivity contribution >= 4 is 29.1 Å². The molecule has 1 saturated heterocycles. The lowest BCUT2D eigenvalue weighted by atomic mass is 10.1. The van der Waals surface area contributed by atoms with Gasteiger partial charge in [0.1, 0.15) is 0 Å². The van der Waals surface area contributed by atoms with Gasteiger partial charge in [-0.3, -0.25) is 4.79 Å². The Hall–Kier alpha value is -0.770. The minimum atomic E-state index is -0.0290. The smallest absolute Gasteiger partial charge is 0.224 e. The SMILES string of the molecule is O=C(Cc1c(Cl)cccc1Cl)N[C@H]1CCCNC1. The highest BCUT2D eigenvalue weighted by molar-refractivity contribution is 6.36. The van der Waals surface area contributed by atoms with E-state index in [1.165, 1.54) is 0 Å². The molecule has 0 spiro atoms. The fraction of sp³-hybridized carbons (Fsp3) is 0.462. The minimum absolute atomic E-state index is 0.0290. The summed E-state index contributed by atoms with van der Waals surface area (Å²) in [6.45, 7) is 1.87. The number of rotatable bonds is 3. The van der Waals surface area contributed by atoms with Crippen LogP contribution in [0, 0.1) is 0 Å². The third-order valence-electron chi connectivity index (χ3n) is 3.06. The standard InChI is InChI=1S/C13H16Cl2N2O/c14-11-4-1-5-12(15)10(11)7-13(18)17-9-3-2-6-16-8-9/h1,4-5,9,16H,2-3,6-8H2,(H,17,18)/t9-/m0/s1. The number of benzene rings is 1. The molecule has 1 aromatic rings. The molecule has 1 amide bonds. The van der Waals surface area contributed by atoms with Crippen LogP contribution in [0.4, 0.5) is 0 Å². The molecule has 1 heterocycles. The molecule has 1 aliphatic rings. The third-order valence-corrected chi connectivity index (χ3v) is 3.77. The first kappa shape index (κ1) is 13.7. The lowest BCUT2D eigenvalue weighted by Gasteiger charge is -2.24. The van der Waals surface area contributed by atoms with Gasteiger partial charge in [0.05, 0.1) is 6.42 Å². The predicted molar refractivity (Wildman–Crippen MR) is 74.2 cm³/mol. The molecule has 5 heteroatoms. The highest BCUT2D eigenvalue weighted by Crippen LogP contribution is 2.24. The molecule has 1 aliphatic heterocycles. The average molecular weight is 287 g/mol. The zero-order chi connectivity index (χ0) is 13.0. The van der Waals surface area contributed by atoms with Crippen molar-refractivity contribution in [1.29, 1.82) is 0 Å². The molecule has 0 aromatic heterocycles. The first-order valence-corrected chi connectivity index (χ1v) is 6.85. The molecule has 0 aliphatic carbocycles. The predicted octanol–water partition coefficient (Wildman–Crippen LogP) is 2.40. The van der Waals surface area contributed by atoms with E-state index in [0.717, 1.165) is 25.9 Å². The molecule has 3 nitrogen and oxygen atoms in total. The number of halogens is 2. The Labute approximate surface area is 117 Å². The van der Waals surface area contributed by atoms with Crippen LogP contribution in [0.3, 0.4) is 0 Å². The summed E-state index contributed by atoms with van der Waals surface area (Å²) >= 11 is 12.1. The number of carbonyl (C=O) groups excluding carboxylic acids is 1. The largest absolute Gasteiger partial charge is 0.352 e. The van der Waals surface area contributed by atoms with Crippen LogP contribution in [-0.4, -0.2) is 25.0 Å². The van der Waals surface area contributed by atoms with Crippen LogP contribution in [0.2, 0.25) is 10.0 Å². The molecular formula is C13H16Cl2N2O. The molecule has 0 saturated carbocycles. The Kier molecular flexibility index (Phi) is 4.87. The van der Waals surface area contributed by atoms with Gasteiger partial charge in [0.2, 0.25) is 5.91 Å². The van der Waals surface area contributed by atoms with Crippen molar-refractivity contribution in [2.24, 2.45) is 0 Å². The molecule has 98 valence electrons. The maximum absolute atomic E-state index is 11.9. The molecule has 1 aromatic carbocycles. The van der Waals surface area contributed by atoms with Crippen LogP contribution >= 0.6 is 23.2 Å². The number of hydrogen-bond acceptors (Lipinski definition) is 2. The second-order valence-electron chi connectivity index (χ2n) is 4.49. The molecule has 2 N–H and O–H groups in total. The van der Waals surface area contributed by atoms with Crippen LogP contribution in [0.25, 0.3) is 0 Å². The molecule has 0 bridgehead atoms. The van der Waals surface area contributed by atoms with Crippen molar-refractivity contribution in [3.63, 3.8) is 0 Å². The van der Waals surface area contributed by atoms with E-state index < -0.39 is 0 Å². The summed E-state index contributed by atoms with van der Waals surface area (Å²) in [5.41, 5.74) is 0.696. The van der Waals surface area contributed by atoms with Gasteiger partial charge < -0.3 is 10.6 Å². The van der Waals surface area contributed by atoms with E-state index in [9.17, 15) is 4.79 Å². The molecule has 1 fully saturated rings. The van der Waals surface area contributed by atoms with Gasteiger partial charge in [0, 0.05) is 22.6 Å². The summed E-state index contributed by atoms with van der Waals surface area (Å²) < 4.78 is 0. The number of carbonyl (C=O) groups is 1. The fourth-order valence-corrected chi connectivity index (χ4v) is 2.65. The van der Waals surface area contributed by atoms with Gasteiger partial charge in [-0.05, 0) is 37.1 Å². The average Bonchev–Trinajstić information content (AvgIpc) is 2.35. The van der Waals surface area contributed by atoms with Crippen LogP contribution < -0.4 is 10.6 Å². The van der Waals surface area contributed by atoms with Gasteiger partial charge in [0.15, 0.2) is 0 Å². The van der Waals surface area contributed by atoms with Crippen molar-refractivity contribution in [2.45, 2.75) is 25.3 Å². The molecule has 2 rings (SSSR count). The topological polar surface area (TPSA) is 41.1 Å². The highest BCUT2D eigenvalue weighted by Gasteiger charge is 2.17. The zero-order valence-corrected chi connectivity index (χ0v) is 11.5. The van der Waals surface area contributed by atoms with E-state index >= 15 is 0 Å². The second kappa shape index (κ2) is 6.41. The van der Waals surface area contributed by atoms with E-state index in [-0.39, 0.29) is 18.4 Å². The molecule has 18 heavy (non-hydrogen) atoms. The maximum Gasteiger partial charge on any atom is 0.224 e. The molecule has 1 atom stereocenters. The lowest BCUT2D eigenvalue weighted by Crippen LogP contribution is -2.46. The zero-order valence-electron chi connectivity index (χ0n) is 10.0. The van der Waals surface area contributed by atoms with E-state index in [1.807, 2.05) is 0 Å². The fourth-order valence-electron chi connectivity index (χ4n) is 2.12. The molecular weight excluding hydrogens is 271 g/mol. The monoisotopic (exact) mass is 286 g/mol. The first-order valence-electron chi connectivity index (χ1n) is 6.10. The quantitative estimate of drug-likeness (QED) is 0.896. The van der Waals surface area contributed by atoms with Crippen LogP contribution in [0.15, 0.2) is 18.2 Å². The Balaban J connectivity index is 1.94. The van der Waals surface area contributed by atoms with E-state index in [1.54, 1.807) is 18.2 Å². The normalized spacial score (nSPS) is 19.6. The van der Waals surface area contributed by atoms with Crippen LogP contribution in [0.1, 0.15) is 18.4 Å². The van der Waals surface area contributed by atoms with Gasteiger partial charge in [-0.25, -0.2) is 0 Å². The van der Waals surface area contributed by atoms with Crippen LogP contribution in [-0.2, 0) is 11.2 Å². The summed E-state index contributed by atoms with van der Waals surface area (Å²) in [5.74, 6) is -0.0290. The van der Waals surface area contributed by atoms with Gasteiger partial charge in [0.25, 0.3) is 0 Å². The van der Waals surface area contributed by atoms with Crippen molar-refractivity contribution in [3.05, 3.63) is 33.8 Å². The maximum atomic E-state index is 11.9. The van der Waals surface area contributed by atoms with Crippen LogP contribution in [0.5, 0.6) is 0 Å². The third kappa shape index (κ3) is 3.61. The highest BCUT2D eigenvalue weighted by atomic mass is 35.5. The van der Waals surface area contributed by atoms with Crippen molar-refractivity contribution in [1.82, 2.24) is 10.6 Å². The van der Waals surface area contributed by atoms with Gasteiger partial charge in [-0.1, -0.05) is 29.3 Å². The Bertz CT molecular complexity index is 411. The summed E-state index contributed by atoms with van der Waals surface area (Å²) in [4.78, 5) is 11.9. The molecule has 0 radical (unpaired) electrons. The van der Waals surface area contributed by atoms with E-state index in [4.69, 9.17) is 23.2 Å². The first-order chi connectivity index (χ1) is 8.66. The minimum Gasteiger partial charge on any atom is -0.352 e. The number of hydrogen-bond donors (Lipinski definition) is 2. The number of nitrogens with one attached hydrogen (secondary N) is 2. The number of amides is 1. The summed E-state index contributed by atoms with van der Waals surface area (Å²) in [7, 11) is 0. The van der Waals surface area contributed by atoms with E-state index in [0.29, 0.717) is 15.6 Å². The second-order valence-corrected chi connectivity index (χ2v) is 5.30. The lowest BCUT2D eigenvalue weighted by molar-refractivity contribution is -0.121. The Morgan fingerprint density at radius 1 is 1.39 bits per heavy atom. The molecule has 0 unspecified atom stereocenters. The summed E-state index contributed by atoms with van der Waals surface area (Å²) in [5, 5.41) is 7.35. The Morgan fingerprint density at radius 3 is 2.72 bits per heavy atom. The van der Waals surface area contributed by atoms with Gasteiger partial charge in [-0.15, -0.1) is 0 Å². The number of piperidine rings is 1. The summed E-state index contributed by atoms with van der Waals surface area (Å²) in [6, 6.07) is 5.49. The van der Waals surface area contributed by atoms with Crippen molar-refractivity contribution < 1.29 is 4.79 Å². The van der Waals surface area contributed by atoms with Gasteiger partial charge >= 0.3 is 0 Å². The van der Waals surface area contributed by atoms with Crippen molar-refractivity contribution in [3.8, 4) is 0 Å². The summed E-state index contributed by atoms with van der Waals surface area (Å²) in [6.07, 6.45) is 2.35. The van der Waals surface area contributed by atoms with Crippen molar-refractivity contribution in [2.75, 3.05) is 13.1 Å². The Morgan fingerprint density at radius 2 is 2.11 bits per heavy atom.